The first-order valence-corrected chi connectivity index (χ1v) is 6.62. The Balaban J connectivity index is 0. The second-order valence-electron chi connectivity index (χ2n) is 3.19. The van der Waals surface area contributed by atoms with Crippen LogP contribution in [0.25, 0.3) is 0 Å². The molecule has 4 nitrogen and oxygen atoms in total. The molecule has 0 radical (unpaired) electrons. The van der Waals surface area contributed by atoms with Crippen molar-refractivity contribution in [1.29, 1.82) is 0 Å². The Labute approximate surface area is 109 Å². The van der Waals surface area contributed by atoms with Crippen molar-refractivity contribution < 1.29 is 18.8 Å². The van der Waals surface area contributed by atoms with Crippen LogP contribution in [0.5, 0.6) is 0 Å². The van der Waals surface area contributed by atoms with Gasteiger partial charge in [0.25, 0.3) is 0 Å². The topological polar surface area (TPSA) is 69.9 Å². The van der Waals surface area contributed by atoms with Gasteiger partial charge in [-0.15, -0.1) is 0 Å². The van der Waals surface area contributed by atoms with Gasteiger partial charge < -0.3 is 18.8 Å². The standard InChI is InChI=1S/C8H20O4Si.Na.H/c1-2-3-4-5-6-7-8-12-13(9,10)11;;/h9-11H,2-8H2,1H3;;. The molecule has 0 saturated carbocycles. The molecule has 0 bridgehead atoms. The predicted molar refractivity (Wildman–Crippen MR) is 58.9 cm³/mol. The van der Waals surface area contributed by atoms with E-state index in [-0.39, 0.29) is 36.2 Å². The van der Waals surface area contributed by atoms with Crippen LogP contribution in [0.1, 0.15) is 45.4 Å². The van der Waals surface area contributed by atoms with Gasteiger partial charge in [0.05, 0.1) is 0 Å². The number of hydrogen-bond donors (Lipinski definition) is 3. The SMILES string of the molecule is CCCCCCCCO[Si](O)(O)O.[NaH]. The molecule has 0 aliphatic heterocycles. The Kier molecular flexibility index (Phi) is 13.2. The van der Waals surface area contributed by atoms with E-state index in [1.165, 1.54) is 19.3 Å². The van der Waals surface area contributed by atoms with Crippen LogP contribution < -0.4 is 0 Å². The summed E-state index contributed by atoms with van der Waals surface area (Å²) in [5, 5.41) is 0. The molecule has 0 aliphatic rings. The van der Waals surface area contributed by atoms with Gasteiger partial charge in [-0.25, -0.2) is 0 Å². The molecule has 0 saturated heterocycles. The Morgan fingerprint density at radius 2 is 1.43 bits per heavy atom. The monoisotopic (exact) mass is 232 g/mol. The fourth-order valence-corrected chi connectivity index (χ4v) is 1.51. The van der Waals surface area contributed by atoms with Gasteiger partial charge in [-0.2, -0.15) is 0 Å². The molecule has 0 spiro atoms. The summed E-state index contributed by atoms with van der Waals surface area (Å²) in [5.74, 6) is 0. The van der Waals surface area contributed by atoms with Gasteiger partial charge in [0.1, 0.15) is 0 Å². The van der Waals surface area contributed by atoms with Gasteiger partial charge in [-0.1, -0.05) is 39.0 Å². The maximum absolute atomic E-state index is 8.49. The number of rotatable bonds is 8. The van der Waals surface area contributed by atoms with E-state index in [4.69, 9.17) is 14.4 Å². The molecule has 0 amide bonds. The van der Waals surface area contributed by atoms with Gasteiger partial charge >= 0.3 is 38.6 Å². The fourth-order valence-electron chi connectivity index (χ4n) is 1.09. The predicted octanol–water partition coefficient (Wildman–Crippen LogP) is 0.127. The summed E-state index contributed by atoms with van der Waals surface area (Å²) in [5.41, 5.74) is 0. The molecule has 0 fully saturated rings. The first kappa shape index (κ1) is 17.5. The summed E-state index contributed by atoms with van der Waals surface area (Å²) in [7, 11) is -4.23. The van der Waals surface area contributed by atoms with Gasteiger partial charge in [0.2, 0.25) is 0 Å². The second-order valence-corrected chi connectivity index (χ2v) is 4.63. The quantitative estimate of drug-likeness (QED) is 0.411. The van der Waals surface area contributed by atoms with Crippen molar-refractivity contribution >= 4 is 38.6 Å². The molecule has 0 aromatic carbocycles. The van der Waals surface area contributed by atoms with Crippen molar-refractivity contribution in [3.63, 3.8) is 0 Å². The van der Waals surface area contributed by atoms with Crippen LogP contribution in [-0.4, -0.2) is 59.6 Å². The molecule has 0 rings (SSSR count). The van der Waals surface area contributed by atoms with Gasteiger partial charge in [0.15, 0.2) is 0 Å². The first-order chi connectivity index (χ1) is 6.06. The fraction of sp³-hybridized carbons (Fsp3) is 1.00. The van der Waals surface area contributed by atoms with E-state index in [1.807, 2.05) is 0 Å². The summed E-state index contributed by atoms with van der Waals surface area (Å²) in [6.45, 7) is 2.40. The van der Waals surface area contributed by atoms with Crippen LogP contribution >= 0.6 is 0 Å². The van der Waals surface area contributed by atoms with E-state index in [2.05, 4.69) is 11.3 Å². The third kappa shape index (κ3) is 15.5. The summed E-state index contributed by atoms with van der Waals surface area (Å²) in [6, 6.07) is 0. The zero-order valence-electron chi connectivity index (χ0n) is 8.20. The summed E-state index contributed by atoms with van der Waals surface area (Å²) in [4.78, 5) is 25.5. The van der Waals surface area contributed by atoms with Crippen molar-refractivity contribution in [2.75, 3.05) is 6.61 Å². The van der Waals surface area contributed by atoms with E-state index in [0.717, 1.165) is 19.3 Å². The normalized spacial score (nSPS) is 11.1. The number of unbranched alkanes of at least 4 members (excludes halogenated alkanes) is 5. The maximum atomic E-state index is 8.49. The number of hydrogen-bond acceptors (Lipinski definition) is 4. The van der Waals surface area contributed by atoms with Crippen molar-refractivity contribution in [1.82, 2.24) is 0 Å². The van der Waals surface area contributed by atoms with Crippen LogP contribution in [0.2, 0.25) is 0 Å². The van der Waals surface area contributed by atoms with Gasteiger partial charge in [-0.3, -0.25) is 0 Å². The molecule has 0 aliphatic carbocycles. The zero-order chi connectivity index (χ0) is 10.2. The molecule has 14 heavy (non-hydrogen) atoms. The van der Waals surface area contributed by atoms with Gasteiger partial charge in [-0.05, 0) is 6.42 Å². The van der Waals surface area contributed by atoms with Gasteiger partial charge in [0, 0.05) is 6.61 Å². The molecule has 82 valence electrons. The van der Waals surface area contributed by atoms with Crippen molar-refractivity contribution in [3.05, 3.63) is 0 Å². The van der Waals surface area contributed by atoms with Crippen LogP contribution in [0, 0.1) is 0 Å². The van der Waals surface area contributed by atoms with Crippen LogP contribution in [0.15, 0.2) is 0 Å². The minimum atomic E-state index is -4.23. The molecule has 0 aromatic heterocycles. The van der Waals surface area contributed by atoms with Crippen LogP contribution in [0.3, 0.4) is 0 Å². The molecule has 6 heteroatoms. The molecule has 3 N–H and O–H groups in total. The van der Waals surface area contributed by atoms with E-state index >= 15 is 0 Å². The molecular formula is C8H21NaO4Si. The Hall–Kier alpha value is 1.06. The molecular weight excluding hydrogens is 211 g/mol. The van der Waals surface area contributed by atoms with Crippen LogP contribution in [-0.2, 0) is 4.43 Å². The third-order valence-corrected chi connectivity index (χ3v) is 2.39. The molecule has 0 aromatic rings. The van der Waals surface area contributed by atoms with E-state index < -0.39 is 9.05 Å². The Morgan fingerprint density at radius 3 is 1.93 bits per heavy atom. The first-order valence-electron chi connectivity index (χ1n) is 4.87. The van der Waals surface area contributed by atoms with E-state index in [1.54, 1.807) is 0 Å². The average Bonchev–Trinajstić information content (AvgIpc) is 2.01. The minimum absolute atomic E-state index is 0. The summed E-state index contributed by atoms with van der Waals surface area (Å²) in [6.07, 6.45) is 6.63. The molecule has 0 unspecified atom stereocenters. The second kappa shape index (κ2) is 10.6. The van der Waals surface area contributed by atoms with E-state index in [0.29, 0.717) is 0 Å². The van der Waals surface area contributed by atoms with E-state index in [9.17, 15) is 0 Å². The third-order valence-electron chi connectivity index (χ3n) is 1.79. The van der Waals surface area contributed by atoms with Crippen molar-refractivity contribution in [2.45, 2.75) is 45.4 Å². The molecule has 0 heterocycles. The van der Waals surface area contributed by atoms with Crippen molar-refractivity contribution in [3.8, 4) is 0 Å². The Bertz CT molecular complexity index is 118. The average molecular weight is 232 g/mol. The zero-order valence-corrected chi connectivity index (χ0v) is 9.20. The molecule has 0 atom stereocenters. The summed E-state index contributed by atoms with van der Waals surface area (Å²) >= 11 is 0. The summed E-state index contributed by atoms with van der Waals surface area (Å²) < 4.78 is 4.44. The van der Waals surface area contributed by atoms with Crippen LogP contribution in [0.4, 0.5) is 0 Å². The Morgan fingerprint density at radius 1 is 0.929 bits per heavy atom. The van der Waals surface area contributed by atoms with Crippen molar-refractivity contribution in [2.24, 2.45) is 0 Å².